The molecule has 9 nitrogen and oxygen atoms in total. The lowest BCUT2D eigenvalue weighted by Gasteiger charge is -2.10. The van der Waals surface area contributed by atoms with Crippen molar-refractivity contribution in [1.29, 1.82) is 0 Å². The third kappa shape index (κ3) is 4.03. The van der Waals surface area contributed by atoms with Crippen molar-refractivity contribution in [3.63, 3.8) is 0 Å². The second kappa shape index (κ2) is 8.41. The minimum absolute atomic E-state index is 0.190. The molecule has 4 rings (SSSR count). The fourth-order valence-corrected chi connectivity index (χ4v) is 3.15. The number of aromatic nitrogens is 4. The first-order valence-electron chi connectivity index (χ1n) is 9.03. The van der Waals surface area contributed by atoms with Crippen LogP contribution < -0.4 is 5.32 Å². The van der Waals surface area contributed by atoms with Gasteiger partial charge < -0.3 is 14.8 Å². The van der Waals surface area contributed by atoms with Crippen LogP contribution in [0.5, 0.6) is 0 Å². The predicted octanol–water partition coefficient (Wildman–Crippen LogP) is 3.79. The zero-order valence-corrected chi connectivity index (χ0v) is 17.3. The number of benzene rings is 2. The maximum Gasteiger partial charge on any atom is 0.337 e. The van der Waals surface area contributed by atoms with Crippen LogP contribution in [0.3, 0.4) is 0 Å². The molecule has 0 aliphatic heterocycles. The Hall–Kier alpha value is -3.98. The number of carbonyl (C=O) groups excluding carboxylic acids is 2. The first kappa shape index (κ1) is 20.3. The van der Waals surface area contributed by atoms with Crippen LogP contribution in [0.1, 0.15) is 20.7 Å². The van der Waals surface area contributed by atoms with Crippen LogP contribution in [-0.2, 0) is 9.47 Å². The smallest absolute Gasteiger partial charge is 0.337 e. The molecule has 0 amide bonds. The van der Waals surface area contributed by atoms with Gasteiger partial charge in [0.2, 0.25) is 0 Å². The Morgan fingerprint density at radius 2 is 1.61 bits per heavy atom. The van der Waals surface area contributed by atoms with Gasteiger partial charge in [0.15, 0.2) is 5.65 Å². The number of nitrogens with one attached hydrogen (secondary N) is 1. The van der Waals surface area contributed by atoms with E-state index in [2.05, 4.69) is 20.4 Å². The molecule has 2 heterocycles. The Balaban J connectivity index is 1.76. The lowest BCUT2D eigenvalue weighted by molar-refractivity contribution is 0.0599. The molecule has 0 radical (unpaired) electrons. The molecule has 0 aliphatic rings. The average Bonchev–Trinajstić information content (AvgIpc) is 3.23. The van der Waals surface area contributed by atoms with Crippen LogP contribution in [-0.4, -0.2) is 45.9 Å². The number of ether oxygens (including phenoxy) is 2. The Kier molecular flexibility index (Phi) is 5.50. The summed E-state index contributed by atoms with van der Waals surface area (Å²) in [5.74, 6) is -0.725. The van der Waals surface area contributed by atoms with Gasteiger partial charge in [-0.2, -0.15) is 5.10 Å². The summed E-state index contributed by atoms with van der Waals surface area (Å²) in [6, 6.07) is 11.7. The molecule has 0 fully saturated rings. The van der Waals surface area contributed by atoms with Gasteiger partial charge in [0.25, 0.3) is 0 Å². The molecule has 0 bridgehead atoms. The van der Waals surface area contributed by atoms with Crippen molar-refractivity contribution in [2.45, 2.75) is 0 Å². The number of rotatable bonds is 5. The molecule has 2 aromatic heterocycles. The zero-order valence-electron chi connectivity index (χ0n) is 16.5. The Morgan fingerprint density at radius 1 is 0.968 bits per heavy atom. The van der Waals surface area contributed by atoms with E-state index in [9.17, 15) is 9.59 Å². The molecule has 1 N–H and O–H groups in total. The fraction of sp³-hybridized carbons (Fsp3) is 0.0952. The predicted molar refractivity (Wildman–Crippen MR) is 114 cm³/mol. The van der Waals surface area contributed by atoms with E-state index in [1.165, 1.54) is 26.6 Å². The van der Waals surface area contributed by atoms with Gasteiger partial charge >= 0.3 is 11.9 Å². The van der Waals surface area contributed by atoms with Gasteiger partial charge in [0.1, 0.15) is 12.1 Å². The van der Waals surface area contributed by atoms with Gasteiger partial charge in [-0.3, -0.25) is 0 Å². The Labute approximate surface area is 181 Å². The van der Waals surface area contributed by atoms with E-state index in [0.717, 1.165) is 5.69 Å². The Morgan fingerprint density at radius 3 is 2.23 bits per heavy atom. The summed E-state index contributed by atoms with van der Waals surface area (Å²) >= 11 is 5.97. The molecule has 0 aliphatic carbocycles. The largest absolute Gasteiger partial charge is 0.465 e. The minimum atomic E-state index is -0.586. The molecule has 2 aromatic carbocycles. The van der Waals surface area contributed by atoms with Gasteiger partial charge in [-0.15, -0.1) is 0 Å². The Bertz CT molecular complexity index is 1250. The van der Waals surface area contributed by atoms with E-state index >= 15 is 0 Å². The van der Waals surface area contributed by atoms with Crippen molar-refractivity contribution in [3.05, 3.63) is 71.1 Å². The van der Waals surface area contributed by atoms with Crippen molar-refractivity contribution in [2.75, 3.05) is 19.5 Å². The molecular weight excluding hydrogens is 422 g/mol. The van der Waals surface area contributed by atoms with Crippen LogP contribution in [0, 0.1) is 0 Å². The van der Waals surface area contributed by atoms with Crippen LogP contribution >= 0.6 is 11.6 Å². The number of halogens is 1. The highest BCUT2D eigenvalue weighted by atomic mass is 35.5. The van der Waals surface area contributed by atoms with Crippen LogP contribution in [0.15, 0.2) is 55.0 Å². The van der Waals surface area contributed by atoms with Gasteiger partial charge in [-0.25, -0.2) is 24.2 Å². The van der Waals surface area contributed by atoms with Crippen molar-refractivity contribution < 1.29 is 19.1 Å². The number of methoxy groups -OCH3 is 2. The van der Waals surface area contributed by atoms with E-state index in [-0.39, 0.29) is 11.1 Å². The third-order valence-corrected chi connectivity index (χ3v) is 4.73. The van der Waals surface area contributed by atoms with E-state index < -0.39 is 11.9 Å². The number of nitrogens with zero attached hydrogens (tertiary/aromatic N) is 4. The molecular formula is C21H16ClN5O4. The normalized spacial score (nSPS) is 10.7. The highest BCUT2D eigenvalue weighted by Crippen LogP contribution is 2.26. The zero-order chi connectivity index (χ0) is 22.0. The standard InChI is InChI=1S/C21H16ClN5O4/c1-30-20(28)12-7-13(21(29)31-2)9-15(8-12)26-18-17-10-25-27(19(17)24-11-23-18)16-5-3-14(22)4-6-16/h3-11H,1-2H3,(H,23,24,26). The number of esters is 2. The molecule has 4 aromatic rings. The summed E-state index contributed by atoms with van der Waals surface area (Å²) in [7, 11) is 2.53. The molecule has 0 saturated carbocycles. The lowest BCUT2D eigenvalue weighted by Crippen LogP contribution is -2.08. The van der Waals surface area contributed by atoms with Crippen molar-refractivity contribution in [2.24, 2.45) is 0 Å². The number of carbonyl (C=O) groups is 2. The second-order valence-corrected chi connectivity index (χ2v) is 6.84. The lowest BCUT2D eigenvalue weighted by atomic mass is 10.1. The van der Waals surface area contributed by atoms with Crippen molar-refractivity contribution in [1.82, 2.24) is 19.7 Å². The molecule has 0 spiro atoms. The van der Waals surface area contributed by atoms with Gasteiger partial charge in [-0.1, -0.05) is 11.6 Å². The molecule has 156 valence electrons. The summed E-state index contributed by atoms with van der Waals surface area (Å²) in [5.41, 5.74) is 2.18. The molecule has 31 heavy (non-hydrogen) atoms. The first-order valence-corrected chi connectivity index (χ1v) is 9.41. The summed E-state index contributed by atoms with van der Waals surface area (Å²) in [6.45, 7) is 0. The van der Waals surface area contributed by atoms with Crippen LogP contribution in [0.2, 0.25) is 5.02 Å². The maximum atomic E-state index is 12.0. The van der Waals surface area contributed by atoms with Crippen molar-refractivity contribution in [3.8, 4) is 5.69 Å². The van der Waals surface area contributed by atoms with Gasteiger partial charge in [0.05, 0.1) is 42.6 Å². The van der Waals surface area contributed by atoms with E-state index in [0.29, 0.717) is 27.6 Å². The summed E-state index contributed by atoms with van der Waals surface area (Å²) in [4.78, 5) is 32.7. The average molecular weight is 438 g/mol. The third-order valence-electron chi connectivity index (χ3n) is 4.47. The highest BCUT2D eigenvalue weighted by molar-refractivity contribution is 6.30. The summed E-state index contributed by atoms with van der Waals surface area (Å²) < 4.78 is 11.2. The van der Waals surface area contributed by atoms with Crippen LogP contribution in [0.25, 0.3) is 16.7 Å². The summed E-state index contributed by atoms with van der Waals surface area (Å²) in [6.07, 6.45) is 3.02. The van der Waals surface area contributed by atoms with Gasteiger partial charge in [0, 0.05) is 10.7 Å². The molecule has 0 unspecified atom stereocenters. The number of hydrogen-bond donors (Lipinski definition) is 1. The topological polar surface area (TPSA) is 108 Å². The summed E-state index contributed by atoms with van der Waals surface area (Å²) in [5, 5.41) is 8.77. The van der Waals surface area contributed by atoms with Gasteiger partial charge in [-0.05, 0) is 42.5 Å². The monoisotopic (exact) mass is 437 g/mol. The number of fused-ring (bicyclic) bond motifs is 1. The van der Waals surface area contributed by atoms with E-state index in [1.54, 1.807) is 35.1 Å². The van der Waals surface area contributed by atoms with E-state index in [4.69, 9.17) is 21.1 Å². The van der Waals surface area contributed by atoms with E-state index in [1.807, 2.05) is 12.1 Å². The highest BCUT2D eigenvalue weighted by Gasteiger charge is 2.16. The first-order chi connectivity index (χ1) is 15.0. The SMILES string of the molecule is COC(=O)c1cc(Nc2ncnc3c2cnn3-c2ccc(Cl)cc2)cc(C(=O)OC)c1. The quantitative estimate of drug-likeness (QED) is 0.470. The minimum Gasteiger partial charge on any atom is -0.465 e. The number of anilines is 2. The fourth-order valence-electron chi connectivity index (χ4n) is 3.02. The molecule has 0 saturated heterocycles. The second-order valence-electron chi connectivity index (χ2n) is 6.40. The molecule has 10 heteroatoms. The molecule has 0 atom stereocenters. The van der Waals surface area contributed by atoms with Crippen LogP contribution in [0.4, 0.5) is 11.5 Å². The maximum absolute atomic E-state index is 12.0. The number of hydrogen-bond acceptors (Lipinski definition) is 8. The van der Waals surface area contributed by atoms with Crippen molar-refractivity contribution >= 4 is 46.1 Å².